The van der Waals surface area contributed by atoms with Gasteiger partial charge >= 0.3 is 6.03 Å². The van der Waals surface area contributed by atoms with Crippen LogP contribution in [0.15, 0.2) is 0 Å². The Morgan fingerprint density at radius 3 is 1.72 bits per heavy atom. The highest BCUT2D eigenvalue weighted by atomic mass is 16.2. The van der Waals surface area contributed by atoms with Crippen molar-refractivity contribution in [3.05, 3.63) is 0 Å². The Morgan fingerprint density at radius 1 is 0.840 bits per heavy atom. The maximum atomic E-state index is 13.4. The van der Waals surface area contributed by atoms with Gasteiger partial charge in [-0.15, -0.1) is 0 Å². The lowest BCUT2D eigenvalue weighted by molar-refractivity contribution is -0.159. The lowest BCUT2D eigenvalue weighted by Gasteiger charge is -2.57. The fourth-order valence-electron chi connectivity index (χ4n) is 6.50. The van der Waals surface area contributed by atoms with Crippen LogP contribution in [-0.2, 0) is 4.79 Å². The molecular formula is C20H33N3O2. The van der Waals surface area contributed by atoms with E-state index in [0.717, 1.165) is 50.1 Å². The molecule has 4 saturated carbocycles. The minimum atomic E-state index is -0.0419. The minimum absolute atomic E-state index is 0.0419. The zero-order valence-electron chi connectivity index (χ0n) is 15.9. The Balaban J connectivity index is 1.38. The van der Waals surface area contributed by atoms with Crippen molar-refractivity contribution in [2.24, 2.45) is 23.2 Å². The summed E-state index contributed by atoms with van der Waals surface area (Å²) >= 11 is 0. The standard InChI is InChI=1S/C20H33N3O2/c1-3-21(4-2)19(25)23-7-5-22(6-8-23)18(24)20-12-15-9-16(13-20)11-17(10-15)14-20/h15-17H,3-14H2,1-2H3. The van der Waals surface area contributed by atoms with Gasteiger partial charge in [-0.3, -0.25) is 4.79 Å². The lowest BCUT2D eigenvalue weighted by atomic mass is 9.49. The quantitative estimate of drug-likeness (QED) is 0.788. The monoisotopic (exact) mass is 347 g/mol. The summed E-state index contributed by atoms with van der Waals surface area (Å²) in [4.78, 5) is 31.8. The number of hydrogen-bond donors (Lipinski definition) is 0. The summed E-state index contributed by atoms with van der Waals surface area (Å²) in [6.07, 6.45) is 7.53. The SMILES string of the molecule is CCN(CC)C(=O)N1CCN(C(=O)C23CC4CC(CC(C4)C2)C3)CC1. The number of rotatable bonds is 3. The number of nitrogens with zero attached hydrogens (tertiary/aromatic N) is 3. The van der Waals surface area contributed by atoms with Gasteiger partial charge in [0.2, 0.25) is 5.91 Å². The summed E-state index contributed by atoms with van der Waals surface area (Å²) in [5, 5.41) is 0. The van der Waals surface area contributed by atoms with Crippen LogP contribution in [0.2, 0.25) is 0 Å². The zero-order chi connectivity index (χ0) is 17.6. The Labute approximate surface area is 151 Å². The summed E-state index contributed by atoms with van der Waals surface area (Å²) in [5.41, 5.74) is -0.0419. The molecule has 0 unspecified atom stereocenters. The molecule has 140 valence electrons. The van der Waals surface area contributed by atoms with Gasteiger partial charge in [-0.25, -0.2) is 4.79 Å². The third-order valence-electron chi connectivity index (χ3n) is 7.36. The van der Waals surface area contributed by atoms with Crippen LogP contribution in [0, 0.1) is 23.2 Å². The molecule has 0 aromatic heterocycles. The molecule has 1 aliphatic heterocycles. The van der Waals surface area contributed by atoms with E-state index in [2.05, 4.69) is 4.90 Å². The van der Waals surface area contributed by atoms with Crippen molar-refractivity contribution in [2.75, 3.05) is 39.3 Å². The second-order valence-electron chi connectivity index (χ2n) is 8.93. The highest BCUT2D eigenvalue weighted by Gasteiger charge is 2.55. The Bertz CT molecular complexity index is 500. The fourth-order valence-corrected chi connectivity index (χ4v) is 6.50. The van der Waals surface area contributed by atoms with Gasteiger partial charge in [-0.1, -0.05) is 0 Å². The van der Waals surface area contributed by atoms with Crippen molar-refractivity contribution < 1.29 is 9.59 Å². The first-order chi connectivity index (χ1) is 12.0. The van der Waals surface area contributed by atoms with Gasteiger partial charge < -0.3 is 14.7 Å². The highest BCUT2D eigenvalue weighted by Crippen LogP contribution is 2.60. The smallest absolute Gasteiger partial charge is 0.320 e. The average molecular weight is 348 g/mol. The van der Waals surface area contributed by atoms with Crippen LogP contribution in [0.3, 0.4) is 0 Å². The van der Waals surface area contributed by atoms with E-state index in [4.69, 9.17) is 0 Å². The molecule has 0 spiro atoms. The van der Waals surface area contributed by atoms with Crippen molar-refractivity contribution in [2.45, 2.75) is 52.4 Å². The topological polar surface area (TPSA) is 43.9 Å². The zero-order valence-corrected chi connectivity index (χ0v) is 15.9. The second-order valence-corrected chi connectivity index (χ2v) is 8.93. The number of hydrogen-bond acceptors (Lipinski definition) is 2. The van der Waals surface area contributed by atoms with Crippen molar-refractivity contribution in [3.63, 3.8) is 0 Å². The maximum absolute atomic E-state index is 13.4. The predicted octanol–water partition coefficient (Wildman–Crippen LogP) is 2.81. The van der Waals surface area contributed by atoms with E-state index >= 15 is 0 Å². The summed E-state index contributed by atoms with van der Waals surface area (Å²) in [5.74, 6) is 2.84. The Hall–Kier alpha value is -1.26. The number of carbonyl (C=O) groups excluding carboxylic acids is 2. The molecule has 0 atom stereocenters. The molecule has 3 amide bonds. The molecule has 0 aromatic rings. The van der Waals surface area contributed by atoms with E-state index in [0.29, 0.717) is 32.1 Å². The maximum Gasteiger partial charge on any atom is 0.320 e. The Morgan fingerprint density at radius 2 is 1.28 bits per heavy atom. The van der Waals surface area contributed by atoms with Crippen LogP contribution >= 0.6 is 0 Å². The van der Waals surface area contributed by atoms with Crippen molar-refractivity contribution >= 4 is 11.9 Å². The van der Waals surface area contributed by atoms with Crippen LogP contribution in [0.25, 0.3) is 0 Å². The van der Waals surface area contributed by atoms with Crippen LogP contribution in [0.4, 0.5) is 4.79 Å². The van der Waals surface area contributed by atoms with Crippen molar-refractivity contribution in [1.82, 2.24) is 14.7 Å². The van der Waals surface area contributed by atoms with Gasteiger partial charge in [0.25, 0.3) is 0 Å². The summed E-state index contributed by atoms with van der Waals surface area (Å²) in [7, 11) is 0. The largest absolute Gasteiger partial charge is 0.339 e. The summed E-state index contributed by atoms with van der Waals surface area (Å²) in [6, 6.07) is 0.131. The van der Waals surface area contributed by atoms with Crippen LogP contribution in [0.5, 0.6) is 0 Å². The first kappa shape index (κ1) is 17.2. The van der Waals surface area contributed by atoms with E-state index in [1.54, 1.807) is 0 Å². The van der Waals surface area contributed by atoms with E-state index in [9.17, 15) is 9.59 Å². The molecule has 5 heteroatoms. The molecule has 0 N–H and O–H groups in total. The van der Waals surface area contributed by atoms with Crippen LogP contribution < -0.4 is 0 Å². The Kier molecular flexibility index (Phi) is 4.45. The van der Waals surface area contributed by atoms with Gasteiger partial charge in [0, 0.05) is 39.3 Å². The second kappa shape index (κ2) is 6.48. The fraction of sp³-hybridized carbons (Fsp3) is 0.900. The molecular weight excluding hydrogens is 314 g/mol. The average Bonchev–Trinajstić information content (AvgIpc) is 2.61. The first-order valence-electron chi connectivity index (χ1n) is 10.4. The molecule has 1 saturated heterocycles. The van der Waals surface area contributed by atoms with Gasteiger partial charge in [-0.2, -0.15) is 0 Å². The lowest BCUT2D eigenvalue weighted by Crippen LogP contribution is -2.59. The molecule has 0 radical (unpaired) electrons. The number of carbonyl (C=O) groups is 2. The third kappa shape index (κ3) is 2.93. The van der Waals surface area contributed by atoms with E-state index in [-0.39, 0.29) is 11.4 Å². The number of amides is 3. The highest BCUT2D eigenvalue weighted by molar-refractivity contribution is 5.84. The van der Waals surface area contributed by atoms with Crippen molar-refractivity contribution in [3.8, 4) is 0 Å². The molecule has 1 heterocycles. The molecule has 5 rings (SSSR count). The van der Waals surface area contributed by atoms with Crippen LogP contribution in [0.1, 0.15) is 52.4 Å². The normalized spacial score (nSPS) is 36.6. The third-order valence-corrected chi connectivity index (χ3v) is 7.36. The molecule has 4 bridgehead atoms. The molecule has 5 fully saturated rings. The molecule has 5 aliphatic rings. The van der Waals surface area contributed by atoms with E-state index < -0.39 is 0 Å². The first-order valence-corrected chi connectivity index (χ1v) is 10.4. The summed E-state index contributed by atoms with van der Waals surface area (Å²) < 4.78 is 0. The molecule has 25 heavy (non-hydrogen) atoms. The molecule has 0 aromatic carbocycles. The van der Waals surface area contributed by atoms with E-state index in [1.165, 1.54) is 19.3 Å². The molecule has 4 aliphatic carbocycles. The molecule has 5 nitrogen and oxygen atoms in total. The minimum Gasteiger partial charge on any atom is -0.339 e. The van der Waals surface area contributed by atoms with Gasteiger partial charge in [0.05, 0.1) is 5.41 Å². The van der Waals surface area contributed by atoms with Gasteiger partial charge in [0.1, 0.15) is 0 Å². The summed E-state index contributed by atoms with van der Waals surface area (Å²) in [6.45, 7) is 8.36. The number of piperazine rings is 1. The van der Waals surface area contributed by atoms with Gasteiger partial charge in [0.15, 0.2) is 0 Å². The predicted molar refractivity (Wildman–Crippen MR) is 97.1 cm³/mol. The van der Waals surface area contributed by atoms with E-state index in [1.807, 2.05) is 23.6 Å². The van der Waals surface area contributed by atoms with Crippen molar-refractivity contribution in [1.29, 1.82) is 0 Å². The number of urea groups is 1. The van der Waals surface area contributed by atoms with Crippen LogP contribution in [-0.4, -0.2) is 65.9 Å². The van der Waals surface area contributed by atoms with Gasteiger partial charge in [-0.05, 0) is 70.1 Å².